The van der Waals surface area contributed by atoms with Gasteiger partial charge in [0.25, 0.3) is 0 Å². The van der Waals surface area contributed by atoms with Crippen molar-refractivity contribution < 1.29 is 20.1 Å². The summed E-state index contributed by atoms with van der Waals surface area (Å²) in [5, 5.41) is 0. The molecule has 0 aliphatic rings. The van der Waals surface area contributed by atoms with Crippen molar-refractivity contribution in [3.05, 3.63) is 248 Å². The van der Waals surface area contributed by atoms with Crippen LogP contribution in [-0.4, -0.2) is 15.0 Å². The molecule has 3 aromatic heterocycles. The second-order valence-corrected chi connectivity index (χ2v) is 15.4. The smallest absolute Gasteiger partial charge is 0.304 e. The molecular formula is C59H40IrN3. The molecule has 0 bridgehead atoms. The fourth-order valence-electron chi connectivity index (χ4n) is 8.31. The van der Waals surface area contributed by atoms with Crippen molar-refractivity contribution in [1.82, 2.24) is 15.0 Å². The number of aromatic nitrogens is 3. The first kappa shape index (κ1) is 41.0. The number of hydrogen-bond acceptors (Lipinski definition) is 3. The van der Waals surface area contributed by atoms with Gasteiger partial charge in [-0.25, -0.2) is 0 Å². The first-order valence-electron chi connectivity index (χ1n) is 20.9. The zero-order valence-electron chi connectivity index (χ0n) is 34.6. The summed E-state index contributed by atoms with van der Waals surface area (Å²) in [4.78, 5) is 14.7. The van der Waals surface area contributed by atoms with Crippen LogP contribution >= 0.6 is 0 Å². The molecular weight excluding hydrogens is 943 g/mol. The molecule has 3 heterocycles. The Morgan fingerprint density at radius 2 is 0.810 bits per heavy atom. The van der Waals surface area contributed by atoms with Gasteiger partial charge in [-0.3, -0.25) is 0 Å². The van der Waals surface area contributed by atoms with Gasteiger partial charge in [-0.15, -0.1) is 108 Å². The molecule has 0 unspecified atom stereocenters. The molecule has 10 aromatic rings. The molecule has 63 heavy (non-hydrogen) atoms. The maximum Gasteiger partial charge on any atom is 3.00 e. The molecule has 300 valence electrons. The Bertz CT molecular complexity index is 3130. The molecule has 0 aliphatic carbocycles. The van der Waals surface area contributed by atoms with Crippen molar-refractivity contribution in [3.63, 3.8) is 0 Å². The van der Waals surface area contributed by atoms with Crippen LogP contribution in [0.2, 0.25) is 0 Å². The summed E-state index contributed by atoms with van der Waals surface area (Å²) in [7, 11) is 0. The normalized spacial score (nSPS) is 10.9. The van der Waals surface area contributed by atoms with Crippen LogP contribution in [0.25, 0.3) is 89.4 Å². The minimum Gasteiger partial charge on any atom is -0.304 e. The Hall–Kier alpha value is -7.36. The average molecular weight is 983 g/mol. The fraction of sp³-hybridized carbons (Fsp3) is 0.0339. The number of nitrogens with zero attached hydrogens (tertiary/aromatic N) is 3. The largest absolute Gasteiger partial charge is 3.00 e. The molecule has 3 nitrogen and oxygen atoms in total. The number of aryl methyl sites for hydroxylation is 1. The van der Waals surface area contributed by atoms with E-state index in [1.54, 1.807) is 0 Å². The van der Waals surface area contributed by atoms with Crippen LogP contribution < -0.4 is 0 Å². The third-order valence-corrected chi connectivity index (χ3v) is 11.4. The molecule has 0 radical (unpaired) electrons. The summed E-state index contributed by atoms with van der Waals surface area (Å²) >= 11 is 0. The van der Waals surface area contributed by atoms with Crippen molar-refractivity contribution in [2.24, 2.45) is 0 Å². The van der Waals surface area contributed by atoms with Crippen LogP contribution in [0.5, 0.6) is 0 Å². The Morgan fingerprint density at radius 3 is 1.32 bits per heavy atom. The summed E-state index contributed by atoms with van der Waals surface area (Å²) in [5.74, 6) is 0. The van der Waals surface area contributed by atoms with Crippen LogP contribution in [0.4, 0.5) is 0 Å². The molecule has 0 saturated carbocycles. The predicted octanol–water partition coefficient (Wildman–Crippen LogP) is 14.5. The van der Waals surface area contributed by atoms with Gasteiger partial charge in [0, 0.05) is 24.2 Å². The first-order valence-corrected chi connectivity index (χ1v) is 20.9. The van der Waals surface area contributed by atoms with E-state index in [0.717, 1.165) is 101 Å². The van der Waals surface area contributed by atoms with E-state index in [9.17, 15) is 0 Å². The fourth-order valence-corrected chi connectivity index (χ4v) is 8.31. The van der Waals surface area contributed by atoms with Crippen molar-refractivity contribution in [2.75, 3.05) is 0 Å². The van der Waals surface area contributed by atoms with Crippen LogP contribution in [0, 0.1) is 25.1 Å². The number of benzene rings is 7. The molecule has 0 spiro atoms. The zero-order valence-corrected chi connectivity index (χ0v) is 37.0. The van der Waals surface area contributed by atoms with Gasteiger partial charge in [-0.05, 0) is 103 Å². The van der Waals surface area contributed by atoms with Crippen LogP contribution in [0.1, 0.15) is 16.7 Å². The Morgan fingerprint density at radius 1 is 0.365 bits per heavy atom. The van der Waals surface area contributed by atoms with Gasteiger partial charge in [-0.1, -0.05) is 115 Å². The standard InChI is InChI=1S/C59H40N3.Ir/c1-41-33-59(45-21-9-4-10-22-45)62-40-56(41)55-28-16-15-27-54(55)50-36-42(34-46-23-11-12-24-51(46)47-29-31-57(60-38-47)43-17-5-2-6-18-43)35-49(37-50)53-26-14-13-25-52(53)48-30-32-58(61-39-48)44-19-7-3-8-20-44;/h2-17,19,21,23-33,35-40H,34H2,1H3;/q-3;+3. The molecule has 0 aliphatic heterocycles. The molecule has 0 atom stereocenters. The second kappa shape index (κ2) is 18.7. The molecule has 7 aromatic carbocycles. The van der Waals surface area contributed by atoms with Crippen molar-refractivity contribution >= 4 is 0 Å². The van der Waals surface area contributed by atoms with Gasteiger partial charge in [0.15, 0.2) is 0 Å². The van der Waals surface area contributed by atoms with E-state index < -0.39 is 0 Å². The monoisotopic (exact) mass is 983 g/mol. The van der Waals surface area contributed by atoms with Gasteiger partial charge < -0.3 is 15.0 Å². The van der Waals surface area contributed by atoms with Crippen molar-refractivity contribution in [3.8, 4) is 89.4 Å². The van der Waals surface area contributed by atoms with Crippen LogP contribution in [-0.2, 0) is 26.5 Å². The van der Waals surface area contributed by atoms with Gasteiger partial charge >= 0.3 is 20.1 Å². The van der Waals surface area contributed by atoms with E-state index in [2.05, 4.69) is 153 Å². The van der Waals surface area contributed by atoms with E-state index in [1.165, 1.54) is 11.1 Å². The van der Waals surface area contributed by atoms with Crippen molar-refractivity contribution in [1.29, 1.82) is 0 Å². The maximum atomic E-state index is 4.95. The molecule has 4 heteroatoms. The van der Waals surface area contributed by atoms with E-state index in [4.69, 9.17) is 15.0 Å². The van der Waals surface area contributed by atoms with E-state index in [0.29, 0.717) is 0 Å². The van der Waals surface area contributed by atoms with Crippen molar-refractivity contribution in [2.45, 2.75) is 13.3 Å². The number of rotatable bonds is 10. The van der Waals surface area contributed by atoms with Gasteiger partial charge in [0.05, 0.1) is 0 Å². The summed E-state index contributed by atoms with van der Waals surface area (Å²) in [5.41, 5.74) is 20.5. The summed E-state index contributed by atoms with van der Waals surface area (Å²) in [6.07, 6.45) is 6.70. The Labute approximate surface area is 383 Å². The number of hydrogen-bond donors (Lipinski definition) is 0. The third kappa shape index (κ3) is 8.87. The minimum absolute atomic E-state index is 0. The van der Waals surface area contributed by atoms with Crippen LogP contribution in [0.15, 0.2) is 213 Å². The minimum atomic E-state index is 0. The Kier molecular flexibility index (Phi) is 12.2. The number of pyridine rings is 3. The maximum absolute atomic E-state index is 4.95. The topological polar surface area (TPSA) is 38.7 Å². The average Bonchev–Trinajstić information content (AvgIpc) is 3.35. The molecule has 0 amide bonds. The summed E-state index contributed by atoms with van der Waals surface area (Å²) in [6, 6.07) is 77.6. The van der Waals surface area contributed by atoms with Crippen LogP contribution in [0.3, 0.4) is 0 Å². The first-order chi connectivity index (χ1) is 30.6. The second-order valence-electron chi connectivity index (χ2n) is 15.4. The summed E-state index contributed by atoms with van der Waals surface area (Å²) < 4.78 is 0. The van der Waals surface area contributed by atoms with Gasteiger partial charge in [0.1, 0.15) is 0 Å². The van der Waals surface area contributed by atoms with E-state index in [-0.39, 0.29) is 20.1 Å². The SMILES string of the molecule is Cc1cc(-c2[c-]cccc2)ncc1-c1ccccc1-c1cc(Cc2ccccc2-c2ccc(-c3[c-]cccc3)nc2)cc(-c2ccccc2-c2ccc(-c3[c-]cccc3)nc2)c1.[Ir+3]. The van der Waals surface area contributed by atoms with E-state index >= 15 is 0 Å². The third-order valence-electron chi connectivity index (χ3n) is 11.4. The Balaban J connectivity index is 0.00000504. The zero-order chi connectivity index (χ0) is 41.7. The molecule has 0 fully saturated rings. The van der Waals surface area contributed by atoms with Gasteiger partial charge in [-0.2, -0.15) is 0 Å². The predicted molar refractivity (Wildman–Crippen MR) is 254 cm³/mol. The molecule has 0 N–H and O–H groups in total. The summed E-state index contributed by atoms with van der Waals surface area (Å²) in [6.45, 7) is 2.17. The quantitative estimate of drug-likeness (QED) is 0.128. The van der Waals surface area contributed by atoms with E-state index in [1.807, 2.05) is 85.3 Å². The molecule has 10 rings (SSSR count). The van der Waals surface area contributed by atoms with Gasteiger partial charge in [0.2, 0.25) is 0 Å². The molecule has 0 saturated heterocycles.